The van der Waals surface area contributed by atoms with Crippen molar-refractivity contribution >= 4 is 23.0 Å². The molecule has 1 aliphatic rings. The van der Waals surface area contributed by atoms with Crippen molar-refractivity contribution in [2.45, 2.75) is 32.2 Å². The molecule has 0 saturated carbocycles. The molecule has 1 heterocycles. The monoisotopic (exact) mass is 279 g/mol. The van der Waals surface area contributed by atoms with E-state index in [1.807, 2.05) is 6.92 Å². The van der Waals surface area contributed by atoms with Crippen LogP contribution < -0.4 is 10.6 Å². The van der Waals surface area contributed by atoms with Gasteiger partial charge in [0.1, 0.15) is 5.69 Å². The summed E-state index contributed by atoms with van der Waals surface area (Å²) in [4.78, 5) is 22.0. The molecule has 0 aromatic heterocycles. The predicted molar refractivity (Wildman–Crippen MR) is 74.8 cm³/mol. The molecule has 0 radical (unpaired) electrons. The first-order valence-electron chi connectivity index (χ1n) is 6.50. The summed E-state index contributed by atoms with van der Waals surface area (Å²) in [7, 11) is 0. The number of anilines is 2. The first-order valence-corrected chi connectivity index (χ1v) is 6.50. The maximum absolute atomic E-state index is 11.3. The maximum Gasteiger partial charge on any atom is 0.292 e. The number of rotatable bonds is 6. The SMILES string of the molecule is CC(CCCO)Nc1cc2c(cc1[N+](=O)[O-])CC(=O)N2. The molecule has 7 heteroatoms. The number of carbonyl (C=O) groups is 1. The molecule has 1 aromatic rings. The molecule has 1 unspecified atom stereocenters. The van der Waals surface area contributed by atoms with Crippen molar-refractivity contribution in [1.29, 1.82) is 0 Å². The lowest BCUT2D eigenvalue weighted by atomic mass is 10.1. The van der Waals surface area contributed by atoms with E-state index in [1.54, 1.807) is 6.07 Å². The van der Waals surface area contributed by atoms with Crippen LogP contribution in [-0.2, 0) is 11.2 Å². The summed E-state index contributed by atoms with van der Waals surface area (Å²) in [5, 5.41) is 25.7. The van der Waals surface area contributed by atoms with Crippen molar-refractivity contribution in [2.24, 2.45) is 0 Å². The zero-order valence-corrected chi connectivity index (χ0v) is 11.2. The van der Waals surface area contributed by atoms with Gasteiger partial charge in [-0.3, -0.25) is 14.9 Å². The van der Waals surface area contributed by atoms with Gasteiger partial charge in [-0.05, 0) is 31.4 Å². The number of hydrogen-bond donors (Lipinski definition) is 3. The Morgan fingerprint density at radius 2 is 2.30 bits per heavy atom. The fraction of sp³-hybridized carbons (Fsp3) is 0.462. The highest BCUT2D eigenvalue weighted by Gasteiger charge is 2.25. The quantitative estimate of drug-likeness (QED) is 0.542. The van der Waals surface area contributed by atoms with Crippen LogP contribution in [0.15, 0.2) is 12.1 Å². The normalized spacial score (nSPS) is 14.6. The Morgan fingerprint density at radius 1 is 1.55 bits per heavy atom. The zero-order chi connectivity index (χ0) is 14.7. The van der Waals surface area contributed by atoms with Gasteiger partial charge in [-0.2, -0.15) is 0 Å². The molecule has 3 N–H and O–H groups in total. The molecule has 1 aliphatic heterocycles. The first-order chi connectivity index (χ1) is 9.51. The average molecular weight is 279 g/mol. The molecule has 0 bridgehead atoms. The molecule has 1 amide bonds. The van der Waals surface area contributed by atoms with E-state index in [-0.39, 0.29) is 30.7 Å². The fourth-order valence-electron chi connectivity index (χ4n) is 2.26. The van der Waals surface area contributed by atoms with E-state index in [4.69, 9.17) is 5.11 Å². The van der Waals surface area contributed by atoms with E-state index >= 15 is 0 Å². The van der Waals surface area contributed by atoms with Crippen LogP contribution >= 0.6 is 0 Å². The predicted octanol–water partition coefficient (Wildman–Crippen LogP) is 1.66. The van der Waals surface area contributed by atoms with Crippen molar-refractivity contribution in [3.05, 3.63) is 27.8 Å². The highest BCUT2D eigenvalue weighted by atomic mass is 16.6. The number of benzene rings is 1. The van der Waals surface area contributed by atoms with Gasteiger partial charge in [0.05, 0.1) is 11.3 Å². The van der Waals surface area contributed by atoms with Crippen molar-refractivity contribution in [3.63, 3.8) is 0 Å². The van der Waals surface area contributed by atoms with Gasteiger partial charge in [0.25, 0.3) is 5.69 Å². The number of hydrogen-bond acceptors (Lipinski definition) is 5. The Balaban J connectivity index is 2.25. The summed E-state index contributed by atoms with van der Waals surface area (Å²) in [6.45, 7) is 1.99. The van der Waals surface area contributed by atoms with Gasteiger partial charge < -0.3 is 15.7 Å². The molecule has 1 atom stereocenters. The largest absolute Gasteiger partial charge is 0.396 e. The Kier molecular flexibility index (Phi) is 4.19. The Morgan fingerprint density at radius 3 is 2.95 bits per heavy atom. The molecule has 1 aromatic carbocycles. The molecule has 108 valence electrons. The summed E-state index contributed by atoms with van der Waals surface area (Å²) in [5.74, 6) is -0.153. The Bertz CT molecular complexity index is 545. The first kappa shape index (κ1) is 14.3. The summed E-state index contributed by atoms with van der Waals surface area (Å²) in [6.07, 6.45) is 1.51. The number of aliphatic hydroxyl groups is 1. The molecular formula is C13H17N3O4. The molecule has 20 heavy (non-hydrogen) atoms. The molecular weight excluding hydrogens is 262 g/mol. The molecule has 0 spiro atoms. The van der Waals surface area contributed by atoms with Crippen LogP contribution in [-0.4, -0.2) is 28.6 Å². The summed E-state index contributed by atoms with van der Waals surface area (Å²) >= 11 is 0. The smallest absolute Gasteiger partial charge is 0.292 e. The minimum Gasteiger partial charge on any atom is -0.396 e. The molecule has 0 fully saturated rings. The van der Waals surface area contributed by atoms with Gasteiger partial charge in [0.2, 0.25) is 5.91 Å². The number of amides is 1. The van der Waals surface area contributed by atoms with E-state index in [0.717, 1.165) is 0 Å². The lowest BCUT2D eigenvalue weighted by molar-refractivity contribution is -0.384. The second kappa shape index (κ2) is 5.87. The van der Waals surface area contributed by atoms with Crippen LogP contribution in [0.3, 0.4) is 0 Å². The van der Waals surface area contributed by atoms with Crippen LogP contribution in [0.2, 0.25) is 0 Å². The Hall–Kier alpha value is -2.15. The van der Waals surface area contributed by atoms with Crippen molar-refractivity contribution in [1.82, 2.24) is 0 Å². The number of aliphatic hydroxyl groups excluding tert-OH is 1. The summed E-state index contributed by atoms with van der Waals surface area (Å²) in [5.41, 5.74) is 1.63. The van der Waals surface area contributed by atoms with Crippen LogP contribution in [0, 0.1) is 10.1 Å². The minimum atomic E-state index is -0.454. The average Bonchev–Trinajstić information content (AvgIpc) is 2.74. The van der Waals surface area contributed by atoms with Crippen LogP contribution in [0.5, 0.6) is 0 Å². The second-order valence-corrected chi connectivity index (χ2v) is 4.92. The number of fused-ring (bicyclic) bond motifs is 1. The van der Waals surface area contributed by atoms with Gasteiger partial charge in [-0.15, -0.1) is 0 Å². The van der Waals surface area contributed by atoms with E-state index in [2.05, 4.69) is 10.6 Å². The van der Waals surface area contributed by atoms with Gasteiger partial charge in [-0.25, -0.2) is 0 Å². The Labute approximate surface area is 116 Å². The van der Waals surface area contributed by atoms with Gasteiger partial charge >= 0.3 is 0 Å². The lowest BCUT2D eigenvalue weighted by Gasteiger charge is -2.15. The minimum absolute atomic E-state index is 0.00370. The zero-order valence-electron chi connectivity index (χ0n) is 11.2. The van der Waals surface area contributed by atoms with Crippen LogP contribution in [0.25, 0.3) is 0 Å². The summed E-state index contributed by atoms with van der Waals surface area (Å²) in [6, 6.07) is 3.04. The third-order valence-electron chi connectivity index (χ3n) is 3.24. The van der Waals surface area contributed by atoms with Crippen molar-refractivity contribution < 1.29 is 14.8 Å². The molecule has 0 aliphatic carbocycles. The van der Waals surface area contributed by atoms with E-state index in [9.17, 15) is 14.9 Å². The second-order valence-electron chi connectivity index (χ2n) is 4.92. The number of nitro groups is 1. The van der Waals surface area contributed by atoms with E-state index in [0.29, 0.717) is 29.8 Å². The van der Waals surface area contributed by atoms with Gasteiger partial charge in [0.15, 0.2) is 0 Å². The number of nitrogens with zero attached hydrogens (tertiary/aromatic N) is 1. The van der Waals surface area contributed by atoms with Gasteiger partial charge in [0, 0.05) is 24.4 Å². The highest BCUT2D eigenvalue weighted by Crippen LogP contribution is 2.35. The van der Waals surface area contributed by atoms with Crippen LogP contribution in [0.4, 0.5) is 17.1 Å². The number of nitro benzene ring substituents is 1. The number of carbonyl (C=O) groups excluding carboxylic acids is 1. The third-order valence-corrected chi connectivity index (χ3v) is 3.24. The number of nitrogens with one attached hydrogen (secondary N) is 2. The standard InChI is InChI=1S/C13H17N3O4/c1-8(3-2-4-17)14-11-7-10-9(6-13(18)15-10)5-12(11)16(19)20/h5,7-8,14,17H,2-4,6H2,1H3,(H,15,18). The van der Waals surface area contributed by atoms with Crippen molar-refractivity contribution in [2.75, 3.05) is 17.2 Å². The lowest BCUT2D eigenvalue weighted by Crippen LogP contribution is -2.16. The summed E-state index contributed by atoms with van der Waals surface area (Å²) < 4.78 is 0. The van der Waals surface area contributed by atoms with Crippen LogP contribution in [0.1, 0.15) is 25.3 Å². The van der Waals surface area contributed by atoms with Crippen molar-refractivity contribution in [3.8, 4) is 0 Å². The van der Waals surface area contributed by atoms with E-state index < -0.39 is 4.92 Å². The topological polar surface area (TPSA) is 104 Å². The molecule has 7 nitrogen and oxygen atoms in total. The fourth-order valence-corrected chi connectivity index (χ4v) is 2.26. The molecule has 2 rings (SSSR count). The van der Waals surface area contributed by atoms with Gasteiger partial charge in [-0.1, -0.05) is 0 Å². The molecule has 0 saturated heterocycles. The van der Waals surface area contributed by atoms with E-state index in [1.165, 1.54) is 6.07 Å². The highest BCUT2D eigenvalue weighted by molar-refractivity contribution is 6.00. The third kappa shape index (κ3) is 3.05. The maximum atomic E-state index is 11.3.